The Labute approximate surface area is 355 Å². The van der Waals surface area contributed by atoms with Gasteiger partial charge in [0.25, 0.3) is 5.91 Å². The van der Waals surface area contributed by atoms with Crippen molar-refractivity contribution in [3.8, 4) is 23.0 Å². The van der Waals surface area contributed by atoms with Gasteiger partial charge in [0.15, 0.2) is 0 Å². The van der Waals surface area contributed by atoms with E-state index in [2.05, 4.69) is 21.3 Å². The molecule has 2 aromatic rings. The number of anilines is 2. The summed E-state index contributed by atoms with van der Waals surface area (Å²) in [5, 5.41) is 10.9. The van der Waals surface area contributed by atoms with Crippen LogP contribution in [-0.4, -0.2) is 129 Å². The number of nitrogens with one attached hydrogen (secondary N) is 4. The Hall–Kier alpha value is -6.27. The highest BCUT2D eigenvalue weighted by Crippen LogP contribution is 2.36. The highest BCUT2D eigenvalue weighted by Gasteiger charge is 2.44. The predicted molar refractivity (Wildman–Crippen MR) is 222 cm³/mol. The highest BCUT2D eigenvalue weighted by molar-refractivity contribution is 6.06. The standard InChI is InChI=1S/C42H58N6O13/c1-40(2,3)61-39(55)46-42(6,7)38(54)48-18-14-16-28(48)34(50)43-25-19-23(29(56-8)21-31(25)58-10)33(49)45-41(4,5)37(53)47-17-13-15-27(47)35(51)44-26-20-24(36(52)60-12)30(57-9)22-32(26)59-11/h19-22,27-28H,13-18H2,1-12H3,(H,43,50)(H,44,51)(H,45,49)(H,46,55)/t27-,28-/m0/s1. The van der Waals surface area contributed by atoms with Crippen molar-refractivity contribution in [3.63, 3.8) is 0 Å². The number of carbonyl (C=O) groups is 7. The molecule has 2 aliphatic rings. The van der Waals surface area contributed by atoms with Crippen molar-refractivity contribution in [1.82, 2.24) is 20.4 Å². The van der Waals surface area contributed by atoms with Gasteiger partial charge >= 0.3 is 12.1 Å². The lowest BCUT2D eigenvalue weighted by molar-refractivity contribution is -0.141. The van der Waals surface area contributed by atoms with Crippen molar-refractivity contribution in [1.29, 1.82) is 0 Å². The molecule has 19 heteroatoms. The molecule has 0 saturated carbocycles. The van der Waals surface area contributed by atoms with Gasteiger partial charge in [-0.25, -0.2) is 9.59 Å². The molecule has 2 saturated heterocycles. The van der Waals surface area contributed by atoms with E-state index < -0.39 is 70.4 Å². The van der Waals surface area contributed by atoms with Gasteiger partial charge < -0.3 is 59.5 Å². The summed E-state index contributed by atoms with van der Waals surface area (Å²) in [5.74, 6) is -2.98. The summed E-state index contributed by atoms with van der Waals surface area (Å²) < 4.78 is 31.9. The quantitative estimate of drug-likeness (QED) is 0.198. The first kappa shape index (κ1) is 47.4. The smallest absolute Gasteiger partial charge is 0.408 e. The molecule has 4 rings (SSSR count). The lowest BCUT2D eigenvalue weighted by Gasteiger charge is -2.34. The minimum absolute atomic E-state index is 0.0466. The third-order valence-corrected chi connectivity index (χ3v) is 10.2. The lowest BCUT2D eigenvalue weighted by atomic mass is 10.0. The van der Waals surface area contributed by atoms with Crippen LogP contribution in [0.1, 0.15) is 94.9 Å². The first-order chi connectivity index (χ1) is 28.5. The average Bonchev–Trinajstić information content (AvgIpc) is 3.89. The molecule has 61 heavy (non-hydrogen) atoms. The third-order valence-electron chi connectivity index (χ3n) is 10.2. The Bertz CT molecular complexity index is 2040. The fourth-order valence-corrected chi connectivity index (χ4v) is 7.17. The second kappa shape index (κ2) is 19.0. The molecule has 0 unspecified atom stereocenters. The average molecular weight is 855 g/mol. The van der Waals surface area contributed by atoms with E-state index in [-0.39, 0.29) is 58.6 Å². The molecule has 2 atom stereocenters. The molecular formula is C42H58N6O13. The molecule has 2 fully saturated rings. The normalized spacial score (nSPS) is 16.5. The topological polar surface area (TPSA) is 229 Å². The van der Waals surface area contributed by atoms with Crippen LogP contribution in [0, 0.1) is 0 Å². The number of alkyl carbamates (subject to hydrolysis) is 1. The van der Waals surface area contributed by atoms with E-state index in [0.29, 0.717) is 25.7 Å². The number of benzene rings is 2. The molecule has 19 nitrogen and oxygen atoms in total. The predicted octanol–water partition coefficient (Wildman–Crippen LogP) is 3.88. The summed E-state index contributed by atoms with van der Waals surface area (Å²) in [6.45, 7) is 11.6. The van der Waals surface area contributed by atoms with Gasteiger partial charge in [0, 0.05) is 25.2 Å². The van der Waals surface area contributed by atoms with Crippen LogP contribution < -0.4 is 40.2 Å². The van der Waals surface area contributed by atoms with Gasteiger partial charge in [-0.1, -0.05) is 0 Å². The van der Waals surface area contributed by atoms with E-state index in [0.717, 1.165) is 0 Å². The van der Waals surface area contributed by atoms with Crippen LogP contribution in [0.5, 0.6) is 23.0 Å². The lowest BCUT2D eigenvalue weighted by Crippen LogP contribution is -2.58. The number of carbonyl (C=O) groups excluding carboxylic acids is 7. The molecule has 0 bridgehead atoms. The Morgan fingerprint density at radius 1 is 0.574 bits per heavy atom. The Balaban J connectivity index is 1.52. The number of ether oxygens (including phenoxy) is 6. The fourth-order valence-electron chi connectivity index (χ4n) is 7.17. The zero-order valence-electron chi connectivity index (χ0n) is 36.9. The molecular weight excluding hydrogens is 796 g/mol. The van der Waals surface area contributed by atoms with E-state index in [9.17, 15) is 33.6 Å². The number of nitrogens with zero attached hydrogens (tertiary/aromatic N) is 2. The molecule has 2 aromatic carbocycles. The highest BCUT2D eigenvalue weighted by atomic mass is 16.6. The minimum atomic E-state index is -1.56. The summed E-state index contributed by atoms with van der Waals surface area (Å²) in [5.41, 5.74) is -3.51. The van der Waals surface area contributed by atoms with Crippen molar-refractivity contribution in [3.05, 3.63) is 35.4 Å². The van der Waals surface area contributed by atoms with Crippen molar-refractivity contribution in [2.24, 2.45) is 0 Å². The Morgan fingerprint density at radius 2 is 0.984 bits per heavy atom. The third kappa shape index (κ3) is 10.9. The summed E-state index contributed by atoms with van der Waals surface area (Å²) >= 11 is 0. The Morgan fingerprint density at radius 3 is 1.39 bits per heavy atom. The Kier molecular flexibility index (Phi) is 14.7. The number of hydrogen-bond acceptors (Lipinski definition) is 13. The largest absolute Gasteiger partial charge is 0.496 e. The van der Waals surface area contributed by atoms with Gasteiger partial charge in [-0.3, -0.25) is 24.0 Å². The first-order valence-electron chi connectivity index (χ1n) is 19.7. The fraction of sp³-hybridized carbons (Fsp3) is 0.548. The summed E-state index contributed by atoms with van der Waals surface area (Å²) in [7, 11) is 6.68. The second-order valence-electron chi connectivity index (χ2n) is 16.6. The maximum Gasteiger partial charge on any atom is 0.408 e. The molecule has 2 heterocycles. The number of likely N-dealkylation sites (tertiary alicyclic amines) is 2. The molecule has 0 radical (unpaired) electrons. The molecule has 0 aromatic heterocycles. The number of esters is 1. The van der Waals surface area contributed by atoms with Gasteiger partial charge in [-0.15, -0.1) is 0 Å². The van der Waals surface area contributed by atoms with Crippen LogP contribution in [0.3, 0.4) is 0 Å². The zero-order chi connectivity index (χ0) is 45.6. The van der Waals surface area contributed by atoms with E-state index >= 15 is 0 Å². The van der Waals surface area contributed by atoms with Crippen LogP contribution >= 0.6 is 0 Å². The molecule has 0 spiro atoms. The number of hydrogen-bond donors (Lipinski definition) is 4. The number of methoxy groups -OCH3 is 5. The van der Waals surface area contributed by atoms with Crippen LogP contribution in [0.25, 0.3) is 0 Å². The van der Waals surface area contributed by atoms with Gasteiger partial charge in [-0.05, 0) is 86.3 Å². The molecule has 0 aliphatic carbocycles. The number of amides is 6. The van der Waals surface area contributed by atoms with Gasteiger partial charge in [0.05, 0.1) is 52.5 Å². The minimum Gasteiger partial charge on any atom is -0.496 e. The maximum atomic E-state index is 14.1. The van der Waals surface area contributed by atoms with Crippen molar-refractivity contribution in [2.75, 3.05) is 59.3 Å². The van der Waals surface area contributed by atoms with Gasteiger partial charge in [0.2, 0.25) is 23.6 Å². The van der Waals surface area contributed by atoms with Crippen molar-refractivity contribution >= 4 is 53.0 Å². The van der Waals surface area contributed by atoms with Crippen molar-refractivity contribution in [2.45, 2.75) is 103 Å². The van der Waals surface area contributed by atoms with E-state index in [1.165, 1.54) is 97.3 Å². The van der Waals surface area contributed by atoms with Crippen LogP contribution in [0.2, 0.25) is 0 Å². The molecule has 2 aliphatic heterocycles. The van der Waals surface area contributed by atoms with Gasteiger partial charge in [-0.2, -0.15) is 0 Å². The zero-order valence-corrected chi connectivity index (χ0v) is 36.9. The maximum absolute atomic E-state index is 14.1. The van der Waals surface area contributed by atoms with E-state index in [1.807, 2.05) is 0 Å². The summed E-state index contributed by atoms with van der Waals surface area (Å²) in [4.78, 5) is 97.2. The first-order valence-corrected chi connectivity index (χ1v) is 19.7. The monoisotopic (exact) mass is 854 g/mol. The molecule has 6 amide bonds. The second-order valence-corrected chi connectivity index (χ2v) is 16.6. The van der Waals surface area contributed by atoms with Crippen LogP contribution in [-0.2, 0) is 28.7 Å². The molecule has 4 N–H and O–H groups in total. The summed E-state index contributed by atoms with van der Waals surface area (Å²) in [6, 6.07) is 3.70. The van der Waals surface area contributed by atoms with Crippen LogP contribution in [0.4, 0.5) is 16.2 Å². The van der Waals surface area contributed by atoms with Gasteiger partial charge in [0.1, 0.15) is 57.3 Å². The van der Waals surface area contributed by atoms with Crippen molar-refractivity contribution < 1.29 is 62.0 Å². The van der Waals surface area contributed by atoms with E-state index in [1.54, 1.807) is 20.8 Å². The molecule has 334 valence electrons. The van der Waals surface area contributed by atoms with E-state index in [4.69, 9.17) is 28.4 Å². The summed E-state index contributed by atoms with van der Waals surface area (Å²) in [6.07, 6.45) is 0.894. The number of rotatable bonds is 14. The SMILES string of the molecule is COC(=O)c1cc(NC(=O)[C@@H]2CCCN2C(=O)C(C)(C)NC(=O)c2cc(NC(=O)[C@@H]3CCCN3C(=O)C(C)(C)NC(=O)OC(C)(C)C)c(OC)cc2OC)c(OC)cc1OC. The van der Waals surface area contributed by atoms with Crippen LogP contribution in [0.15, 0.2) is 24.3 Å².